The fourth-order valence-corrected chi connectivity index (χ4v) is 4.97. The normalized spacial score (nSPS) is 14.5. The second-order valence-electron chi connectivity index (χ2n) is 9.37. The van der Waals surface area contributed by atoms with E-state index in [2.05, 4.69) is 46.4 Å². The second-order valence-corrected chi connectivity index (χ2v) is 9.37. The number of aryl methyl sites for hydroxylation is 1. The summed E-state index contributed by atoms with van der Waals surface area (Å²) in [6, 6.07) is 13.9. The number of likely N-dealkylation sites (tertiary alicyclic amines) is 1. The van der Waals surface area contributed by atoms with Gasteiger partial charge in [-0.2, -0.15) is 0 Å². The minimum atomic E-state index is -0.354. The number of ether oxygens (including phenoxy) is 1. The Labute approximate surface area is 205 Å². The molecule has 0 bridgehead atoms. The van der Waals surface area contributed by atoms with Crippen molar-refractivity contribution in [2.45, 2.75) is 39.0 Å². The van der Waals surface area contributed by atoms with Gasteiger partial charge in [0.15, 0.2) is 0 Å². The lowest BCUT2D eigenvalue weighted by atomic mass is 10.1. The van der Waals surface area contributed by atoms with E-state index in [-0.39, 0.29) is 5.97 Å². The van der Waals surface area contributed by atoms with Crippen molar-refractivity contribution in [1.82, 2.24) is 19.9 Å². The number of esters is 1. The summed E-state index contributed by atoms with van der Waals surface area (Å²) in [5, 5.41) is 5.56. The summed E-state index contributed by atoms with van der Waals surface area (Å²) in [6.07, 6.45) is 5.70. The molecule has 2 N–H and O–H groups in total. The molecule has 2 aromatic heterocycles. The lowest BCUT2D eigenvalue weighted by molar-refractivity contribution is 0.0601. The van der Waals surface area contributed by atoms with E-state index in [9.17, 15) is 4.79 Å². The molecular formula is C28H33N5O2. The molecule has 2 aromatic carbocycles. The summed E-state index contributed by atoms with van der Waals surface area (Å²) in [7, 11) is 1.40. The first-order valence-electron chi connectivity index (χ1n) is 12.5. The number of hydrogen-bond acceptors (Lipinski definition) is 6. The van der Waals surface area contributed by atoms with Gasteiger partial charge in [0.25, 0.3) is 0 Å². The summed E-state index contributed by atoms with van der Waals surface area (Å²) >= 11 is 0. The molecule has 0 atom stereocenters. The Kier molecular flexibility index (Phi) is 6.95. The molecule has 7 nitrogen and oxygen atoms in total. The highest BCUT2D eigenvalue weighted by Gasteiger charge is 2.17. The highest BCUT2D eigenvalue weighted by atomic mass is 16.5. The van der Waals surface area contributed by atoms with Crippen LogP contribution in [0.3, 0.4) is 0 Å². The SMILES string of the molecule is COC(=O)c1ccc2c(c1)[nH]c1nc(Cc3ccccc3C)nc(NCCCN3CCCCC3)c12. The lowest BCUT2D eigenvalue weighted by Gasteiger charge is -2.26. The number of nitrogens with one attached hydrogen (secondary N) is 2. The molecule has 1 aliphatic rings. The molecule has 0 aliphatic carbocycles. The molecule has 0 amide bonds. The molecule has 4 aromatic rings. The van der Waals surface area contributed by atoms with Crippen molar-refractivity contribution < 1.29 is 9.53 Å². The zero-order valence-corrected chi connectivity index (χ0v) is 20.6. The zero-order valence-electron chi connectivity index (χ0n) is 20.6. The van der Waals surface area contributed by atoms with Gasteiger partial charge in [-0.05, 0) is 69.1 Å². The largest absolute Gasteiger partial charge is 0.465 e. The Balaban J connectivity index is 1.46. The number of hydrogen-bond donors (Lipinski definition) is 2. The van der Waals surface area contributed by atoms with Crippen LogP contribution >= 0.6 is 0 Å². The van der Waals surface area contributed by atoms with Crippen LogP contribution in [0, 0.1) is 6.92 Å². The number of benzene rings is 2. The first-order valence-corrected chi connectivity index (χ1v) is 12.5. The number of fused-ring (bicyclic) bond motifs is 3. The van der Waals surface area contributed by atoms with Gasteiger partial charge in [-0.25, -0.2) is 14.8 Å². The number of methoxy groups -OCH3 is 1. The second kappa shape index (κ2) is 10.4. The van der Waals surface area contributed by atoms with Crippen molar-refractivity contribution in [2.75, 3.05) is 38.6 Å². The molecule has 35 heavy (non-hydrogen) atoms. The summed E-state index contributed by atoms with van der Waals surface area (Å²) in [5.41, 5.74) is 4.58. The monoisotopic (exact) mass is 471 g/mol. The quantitative estimate of drug-likeness (QED) is 0.275. The molecule has 182 valence electrons. The minimum absolute atomic E-state index is 0.354. The van der Waals surface area contributed by atoms with Crippen molar-refractivity contribution in [3.8, 4) is 0 Å². The summed E-state index contributed by atoms with van der Waals surface area (Å²) in [5.74, 6) is 1.26. The first kappa shape index (κ1) is 23.3. The number of piperidine rings is 1. The number of aromatic amines is 1. The Morgan fingerprint density at radius 3 is 2.74 bits per heavy atom. The molecule has 1 aliphatic heterocycles. The average molecular weight is 472 g/mol. The van der Waals surface area contributed by atoms with E-state index < -0.39 is 0 Å². The molecule has 3 heterocycles. The molecule has 1 saturated heterocycles. The summed E-state index contributed by atoms with van der Waals surface area (Å²) < 4.78 is 4.90. The van der Waals surface area contributed by atoms with Crippen LogP contribution in [-0.2, 0) is 11.2 Å². The minimum Gasteiger partial charge on any atom is -0.465 e. The Morgan fingerprint density at radius 1 is 1.11 bits per heavy atom. The van der Waals surface area contributed by atoms with Gasteiger partial charge in [-0.15, -0.1) is 0 Å². The molecule has 1 fully saturated rings. The van der Waals surface area contributed by atoms with Gasteiger partial charge in [0, 0.05) is 23.9 Å². The van der Waals surface area contributed by atoms with Crippen molar-refractivity contribution in [3.05, 3.63) is 65.0 Å². The number of anilines is 1. The van der Waals surface area contributed by atoms with Gasteiger partial charge in [-0.3, -0.25) is 0 Å². The maximum atomic E-state index is 12.1. The molecule has 0 spiro atoms. The maximum absolute atomic E-state index is 12.1. The molecule has 0 saturated carbocycles. The summed E-state index contributed by atoms with van der Waals surface area (Å²) in [4.78, 5) is 27.9. The third-order valence-corrected chi connectivity index (χ3v) is 6.92. The standard InChI is InChI=1S/C28H33N5O2/c1-19-9-4-5-10-20(19)18-24-31-26(29-13-8-16-33-14-6-3-7-15-33)25-22-12-11-21(28(34)35-2)17-23(22)30-27(25)32-24/h4-5,9-12,17H,3,6-8,13-16,18H2,1-2H3,(H2,29,30,31,32). The van der Waals surface area contributed by atoms with Crippen molar-refractivity contribution in [3.63, 3.8) is 0 Å². The predicted octanol–water partition coefficient (Wildman–Crippen LogP) is 5.08. The third-order valence-electron chi connectivity index (χ3n) is 6.92. The van der Waals surface area contributed by atoms with E-state index in [4.69, 9.17) is 14.7 Å². The van der Waals surface area contributed by atoms with Gasteiger partial charge >= 0.3 is 5.97 Å². The van der Waals surface area contributed by atoms with Crippen LogP contribution in [0.15, 0.2) is 42.5 Å². The predicted molar refractivity (Wildman–Crippen MR) is 140 cm³/mol. The lowest BCUT2D eigenvalue weighted by Crippen LogP contribution is -2.31. The highest BCUT2D eigenvalue weighted by Crippen LogP contribution is 2.31. The molecule has 0 radical (unpaired) electrons. The van der Waals surface area contributed by atoms with Crippen LogP contribution in [-0.4, -0.2) is 59.1 Å². The van der Waals surface area contributed by atoms with Crippen molar-refractivity contribution in [2.24, 2.45) is 0 Å². The van der Waals surface area contributed by atoms with Gasteiger partial charge in [0.05, 0.1) is 18.1 Å². The number of carbonyl (C=O) groups excluding carboxylic acids is 1. The van der Waals surface area contributed by atoms with Crippen LogP contribution in [0.2, 0.25) is 0 Å². The average Bonchev–Trinajstić information content (AvgIpc) is 3.25. The van der Waals surface area contributed by atoms with E-state index in [1.54, 1.807) is 6.07 Å². The fourth-order valence-electron chi connectivity index (χ4n) is 4.97. The molecule has 5 rings (SSSR count). The van der Waals surface area contributed by atoms with E-state index >= 15 is 0 Å². The van der Waals surface area contributed by atoms with Gasteiger partial charge in [0.2, 0.25) is 0 Å². The summed E-state index contributed by atoms with van der Waals surface area (Å²) in [6.45, 7) is 6.49. The van der Waals surface area contributed by atoms with Crippen LogP contribution in [0.1, 0.15) is 53.0 Å². The fraction of sp³-hybridized carbons (Fsp3) is 0.393. The highest BCUT2D eigenvalue weighted by molar-refractivity contribution is 6.12. The Morgan fingerprint density at radius 2 is 1.94 bits per heavy atom. The smallest absolute Gasteiger partial charge is 0.337 e. The topological polar surface area (TPSA) is 83.1 Å². The number of H-pyrrole nitrogens is 1. The van der Waals surface area contributed by atoms with Crippen LogP contribution in [0.4, 0.5) is 5.82 Å². The van der Waals surface area contributed by atoms with Crippen molar-refractivity contribution >= 4 is 33.7 Å². The number of carbonyl (C=O) groups is 1. The van der Waals surface area contributed by atoms with Crippen molar-refractivity contribution in [1.29, 1.82) is 0 Å². The molecular weight excluding hydrogens is 438 g/mol. The van der Waals surface area contributed by atoms with E-state index in [0.29, 0.717) is 12.0 Å². The van der Waals surface area contributed by atoms with E-state index in [1.807, 2.05) is 12.1 Å². The van der Waals surface area contributed by atoms with Gasteiger partial charge < -0.3 is 19.9 Å². The number of rotatable bonds is 8. The van der Waals surface area contributed by atoms with E-state index in [0.717, 1.165) is 53.1 Å². The van der Waals surface area contributed by atoms with Crippen LogP contribution < -0.4 is 5.32 Å². The molecule has 0 unspecified atom stereocenters. The van der Waals surface area contributed by atoms with Gasteiger partial charge in [-0.1, -0.05) is 36.8 Å². The first-order chi connectivity index (χ1) is 17.1. The van der Waals surface area contributed by atoms with Crippen LogP contribution in [0.5, 0.6) is 0 Å². The maximum Gasteiger partial charge on any atom is 0.337 e. The number of aromatic nitrogens is 3. The van der Waals surface area contributed by atoms with Gasteiger partial charge in [0.1, 0.15) is 17.3 Å². The van der Waals surface area contributed by atoms with E-state index in [1.165, 1.54) is 50.6 Å². The Hall–Kier alpha value is -3.45. The Bertz CT molecular complexity index is 1340. The van der Waals surface area contributed by atoms with Crippen LogP contribution in [0.25, 0.3) is 21.9 Å². The third kappa shape index (κ3) is 5.15. The zero-order chi connectivity index (χ0) is 24.2. The number of nitrogens with zero attached hydrogens (tertiary/aromatic N) is 3. The molecule has 7 heteroatoms.